The van der Waals surface area contributed by atoms with Gasteiger partial charge in [0.1, 0.15) is 5.82 Å². The summed E-state index contributed by atoms with van der Waals surface area (Å²) in [4.78, 5) is 0. The first-order valence-electron chi connectivity index (χ1n) is 6.94. The molecule has 0 spiro atoms. The number of rotatable bonds is 5. The van der Waals surface area contributed by atoms with E-state index in [1.165, 1.54) is 0 Å². The van der Waals surface area contributed by atoms with E-state index >= 15 is 0 Å². The van der Waals surface area contributed by atoms with Gasteiger partial charge in [-0.1, -0.05) is 48.3 Å². The third-order valence-corrected chi connectivity index (χ3v) is 4.01. The third kappa shape index (κ3) is 4.19. The van der Waals surface area contributed by atoms with Crippen LogP contribution < -0.4 is 5.32 Å². The van der Waals surface area contributed by atoms with Crippen LogP contribution in [0.15, 0.2) is 36.4 Å². The Morgan fingerprint density at radius 3 is 2.52 bits per heavy atom. The molecule has 0 aliphatic rings. The summed E-state index contributed by atoms with van der Waals surface area (Å²) in [6.45, 7) is 4.64. The average Bonchev–Trinajstić information content (AvgIpc) is 2.41. The van der Waals surface area contributed by atoms with Crippen LogP contribution in [0.25, 0.3) is 0 Å². The Bertz CT molecular complexity index is 628. The van der Waals surface area contributed by atoms with Crippen molar-refractivity contribution in [3.8, 4) is 0 Å². The fourth-order valence-corrected chi connectivity index (χ4v) is 2.85. The van der Waals surface area contributed by atoms with E-state index in [-0.39, 0.29) is 11.9 Å². The lowest BCUT2D eigenvalue weighted by atomic mass is 9.97. The number of benzene rings is 2. The van der Waals surface area contributed by atoms with E-state index in [0.717, 1.165) is 17.7 Å². The number of halogens is 3. The second kappa shape index (κ2) is 7.26. The molecule has 1 N–H and O–H groups in total. The fourth-order valence-electron chi connectivity index (χ4n) is 2.36. The van der Waals surface area contributed by atoms with Crippen molar-refractivity contribution in [1.29, 1.82) is 0 Å². The van der Waals surface area contributed by atoms with Crippen molar-refractivity contribution in [2.45, 2.75) is 26.3 Å². The van der Waals surface area contributed by atoms with Gasteiger partial charge >= 0.3 is 0 Å². The maximum Gasteiger partial charge on any atom is 0.128 e. The van der Waals surface area contributed by atoms with E-state index < -0.39 is 0 Å². The van der Waals surface area contributed by atoms with Crippen molar-refractivity contribution < 1.29 is 4.39 Å². The predicted molar refractivity (Wildman–Crippen MR) is 87.7 cm³/mol. The van der Waals surface area contributed by atoms with Crippen LogP contribution >= 0.6 is 23.2 Å². The molecule has 0 radical (unpaired) electrons. The second-order valence-corrected chi connectivity index (χ2v) is 5.92. The highest BCUT2D eigenvalue weighted by Gasteiger charge is 2.17. The van der Waals surface area contributed by atoms with E-state index in [9.17, 15) is 4.39 Å². The smallest absolute Gasteiger partial charge is 0.128 e. The Kier molecular flexibility index (Phi) is 5.63. The maximum absolute atomic E-state index is 14.2. The van der Waals surface area contributed by atoms with Crippen LogP contribution in [-0.2, 0) is 6.42 Å². The molecule has 2 aromatic carbocycles. The molecule has 21 heavy (non-hydrogen) atoms. The summed E-state index contributed by atoms with van der Waals surface area (Å²) in [6.07, 6.45) is 0.615. The quantitative estimate of drug-likeness (QED) is 0.782. The molecule has 0 saturated carbocycles. The molecule has 2 aromatic rings. The van der Waals surface area contributed by atoms with Crippen LogP contribution in [0.5, 0.6) is 0 Å². The standard InChI is InChI=1S/C17H18Cl2FN/c1-3-21-17(14-7-4-11(2)8-16(14)20)9-12-5-6-13(18)10-15(12)19/h4-8,10,17,21H,3,9H2,1-2H3. The Labute approximate surface area is 135 Å². The zero-order valence-electron chi connectivity index (χ0n) is 12.1. The highest BCUT2D eigenvalue weighted by atomic mass is 35.5. The molecule has 1 nitrogen and oxygen atoms in total. The van der Waals surface area contributed by atoms with E-state index in [2.05, 4.69) is 5.32 Å². The van der Waals surface area contributed by atoms with Crippen LogP contribution in [0.3, 0.4) is 0 Å². The first-order chi connectivity index (χ1) is 10.0. The van der Waals surface area contributed by atoms with Gasteiger partial charge in [-0.3, -0.25) is 0 Å². The summed E-state index contributed by atoms with van der Waals surface area (Å²) >= 11 is 12.1. The van der Waals surface area contributed by atoms with Gasteiger partial charge in [-0.2, -0.15) is 0 Å². The van der Waals surface area contributed by atoms with Gasteiger partial charge < -0.3 is 5.32 Å². The molecule has 4 heteroatoms. The van der Waals surface area contributed by atoms with Crippen LogP contribution in [-0.4, -0.2) is 6.54 Å². The highest BCUT2D eigenvalue weighted by Crippen LogP contribution is 2.27. The van der Waals surface area contributed by atoms with Crippen LogP contribution in [0.2, 0.25) is 10.0 Å². The number of hydrogen-bond donors (Lipinski definition) is 1. The minimum absolute atomic E-state index is 0.116. The molecule has 112 valence electrons. The number of aryl methyl sites for hydroxylation is 1. The molecule has 1 unspecified atom stereocenters. The van der Waals surface area contributed by atoms with Gasteiger partial charge in [0.2, 0.25) is 0 Å². The molecular formula is C17H18Cl2FN. The minimum atomic E-state index is -0.189. The third-order valence-electron chi connectivity index (χ3n) is 3.42. The van der Waals surface area contributed by atoms with Gasteiger partial charge in [-0.05, 0) is 49.2 Å². The van der Waals surface area contributed by atoms with Crippen molar-refractivity contribution >= 4 is 23.2 Å². The average molecular weight is 326 g/mol. The first kappa shape index (κ1) is 16.3. The molecular weight excluding hydrogens is 308 g/mol. The Balaban J connectivity index is 2.30. The van der Waals surface area contributed by atoms with E-state index in [0.29, 0.717) is 22.0 Å². The maximum atomic E-state index is 14.2. The summed E-state index contributed by atoms with van der Waals surface area (Å²) in [5.74, 6) is -0.189. The molecule has 1 atom stereocenters. The minimum Gasteiger partial charge on any atom is -0.310 e. The molecule has 0 saturated heterocycles. The first-order valence-corrected chi connectivity index (χ1v) is 7.70. The van der Waals surface area contributed by atoms with E-state index in [1.807, 2.05) is 32.0 Å². The normalized spacial score (nSPS) is 12.4. The monoisotopic (exact) mass is 325 g/mol. The molecule has 0 amide bonds. The highest BCUT2D eigenvalue weighted by molar-refractivity contribution is 6.35. The molecule has 0 heterocycles. The SMILES string of the molecule is CCNC(Cc1ccc(Cl)cc1Cl)c1ccc(C)cc1F. The topological polar surface area (TPSA) is 12.0 Å². The molecule has 0 fully saturated rings. The van der Waals surface area contributed by atoms with Crippen molar-refractivity contribution in [3.63, 3.8) is 0 Å². The molecule has 0 bridgehead atoms. The van der Waals surface area contributed by atoms with Crippen molar-refractivity contribution in [3.05, 3.63) is 69.0 Å². The summed E-state index contributed by atoms with van der Waals surface area (Å²) in [7, 11) is 0. The summed E-state index contributed by atoms with van der Waals surface area (Å²) in [6, 6.07) is 10.6. The van der Waals surface area contributed by atoms with E-state index in [4.69, 9.17) is 23.2 Å². The van der Waals surface area contributed by atoms with Gasteiger partial charge in [0, 0.05) is 21.7 Å². The number of likely N-dealkylation sites (N-methyl/N-ethyl adjacent to an activating group) is 1. The predicted octanol–water partition coefficient (Wildman–Crippen LogP) is 5.33. The van der Waals surface area contributed by atoms with Crippen molar-refractivity contribution in [2.75, 3.05) is 6.54 Å². The van der Waals surface area contributed by atoms with Gasteiger partial charge in [0.25, 0.3) is 0 Å². The molecule has 0 aliphatic heterocycles. The van der Waals surface area contributed by atoms with Gasteiger partial charge in [-0.25, -0.2) is 4.39 Å². The van der Waals surface area contributed by atoms with Gasteiger partial charge in [0.15, 0.2) is 0 Å². The van der Waals surface area contributed by atoms with Crippen molar-refractivity contribution in [1.82, 2.24) is 5.32 Å². The summed E-state index contributed by atoms with van der Waals surface area (Å²) in [5, 5.41) is 4.53. The lowest BCUT2D eigenvalue weighted by Gasteiger charge is -2.20. The summed E-state index contributed by atoms with van der Waals surface area (Å²) < 4.78 is 14.2. The largest absolute Gasteiger partial charge is 0.310 e. The molecule has 2 rings (SSSR count). The van der Waals surface area contributed by atoms with Crippen LogP contribution in [0.1, 0.15) is 29.7 Å². The molecule has 0 aliphatic carbocycles. The van der Waals surface area contributed by atoms with Crippen LogP contribution in [0, 0.1) is 12.7 Å². The van der Waals surface area contributed by atoms with Gasteiger partial charge in [0.05, 0.1) is 0 Å². The Morgan fingerprint density at radius 2 is 1.90 bits per heavy atom. The lowest BCUT2D eigenvalue weighted by Crippen LogP contribution is -2.24. The summed E-state index contributed by atoms with van der Waals surface area (Å²) in [5.41, 5.74) is 2.52. The fraction of sp³-hybridized carbons (Fsp3) is 0.294. The van der Waals surface area contributed by atoms with Gasteiger partial charge in [-0.15, -0.1) is 0 Å². The Morgan fingerprint density at radius 1 is 1.14 bits per heavy atom. The lowest BCUT2D eigenvalue weighted by molar-refractivity contribution is 0.509. The Hall–Kier alpha value is -1.09. The number of nitrogens with one attached hydrogen (secondary N) is 1. The molecule has 0 aromatic heterocycles. The number of hydrogen-bond acceptors (Lipinski definition) is 1. The second-order valence-electron chi connectivity index (χ2n) is 5.08. The zero-order valence-corrected chi connectivity index (χ0v) is 13.6. The zero-order chi connectivity index (χ0) is 15.4. The van der Waals surface area contributed by atoms with E-state index in [1.54, 1.807) is 18.2 Å². The van der Waals surface area contributed by atoms with Crippen LogP contribution in [0.4, 0.5) is 4.39 Å². The van der Waals surface area contributed by atoms with Crippen molar-refractivity contribution in [2.24, 2.45) is 0 Å².